The monoisotopic (exact) mass is 385 g/mol. The number of nitrogens with one attached hydrogen (secondary N) is 1. The molecule has 2 aromatic rings. The van der Waals surface area contributed by atoms with Crippen LogP contribution >= 0.6 is 27.7 Å². The first-order chi connectivity index (χ1) is 10.5. The van der Waals surface area contributed by atoms with Gasteiger partial charge in [-0.05, 0) is 36.8 Å². The zero-order valence-electron chi connectivity index (χ0n) is 11.8. The van der Waals surface area contributed by atoms with E-state index in [4.69, 9.17) is 0 Å². The van der Waals surface area contributed by atoms with Gasteiger partial charge in [-0.15, -0.1) is 11.8 Å². The SMILES string of the molecule is CC(NC(=O)CSc1ccc(F)cc1F)c1ccc(Br)cc1. The van der Waals surface area contributed by atoms with Crippen LogP contribution in [0.1, 0.15) is 18.5 Å². The molecule has 0 heterocycles. The molecule has 2 nitrogen and oxygen atoms in total. The zero-order valence-corrected chi connectivity index (χ0v) is 14.2. The maximum Gasteiger partial charge on any atom is 0.230 e. The molecule has 22 heavy (non-hydrogen) atoms. The topological polar surface area (TPSA) is 29.1 Å². The van der Waals surface area contributed by atoms with Crippen molar-refractivity contribution < 1.29 is 13.6 Å². The summed E-state index contributed by atoms with van der Waals surface area (Å²) in [6.07, 6.45) is 0. The van der Waals surface area contributed by atoms with E-state index in [1.165, 1.54) is 12.1 Å². The summed E-state index contributed by atoms with van der Waals surface area (Å²) < 4.78 is 27.2. The van der Waals surface area contributed by atoms with E-state index in [1.54, 1.807) is 0 Å². The molecule has 2 aromatic carbocycles. The standard InChI is InChI=1S/C16H14BrF2NOS/c1-10(11-2-4-12(17)5-3-11)20-16(21)9-22-15-7-6-13(18)8-14(15)19/h2-8,10H,9H2,1H3,(H,20,21). The van der Waals surface area contributed by atoms with E-state index in [-0.39, 0.29) is 22.6 Å². The van der Waals surface area contributed by atoms with Crippen LogP contribution in [-0.2, 0) is 4.79 Å². The van der Waals surface area contributed by atoms with Crippen LogP contribution in [-0.4, -0.2) is 11.7 Å². The Morgan fingerprint density at radius 1 is 1.23 bits per heavy atom. The summed E-state index contributed by atoms with van der Waals surface area (Å²) >= 11 is 4.40. The maximum absolute atomic E-state index is 13.5. The quantitative estimate of drug-likeness (QED) is 0.755. The van der Waals surface area contributed by atoms with E-state index in [0.29, 0.717) is 0 Å². The molecule has 1 amide bonds. The van der Waals surface area contributed by atoms with Gasteiger partial charge < -0.3 is 5.32 Å². The molecular weight excluding hydrogens is 372 g/mol. The van der Waals surface area contributed by atoms with Crippen LogP contribution in [0.2, 0.25) is 0 Å². The summed E-state index contributed by atoms with van der Waals surface area (Å²) in [5, 5.41) is 2.85. The van der Waals surface area contributed by atoms with Gasteiger partial charge in [0.05, 0.1) is 11.8 Å². The molecule has 2 rings (SSSR count). The van der Waals surface area contributed by atoms with Crippen molar-refractivity contribution in [2.24, 2.45) is 0 Å². The Labute approximate surface area is 140 Å². The summed E-state index contributed by atoms with van der Waals surface area (Å²) in [7, 11) is 0. The number of hydrogen-bond donors (Lipinski definition) is 1. The highest BCUT2D eigenvalue weighted by molar-refractivity contribution is 9.10. The number of carbonyl (C=O) groups excluding carboxylic acids is 1. The van der Waals surface area contributed by atoms with Crippen molar-refractivity contribution in [1.82, 2.24) is 5.32 Å². The Balaban J connectivity index is 1.88. The predicted octanol–water partition coefficient (Wildman–Crippen LogP) is 4.70. The molecule has 0 aliphatic carbocycles. The van der Waals surface area contributed by atoms with Crippen LogP contribution in [0.5, 0.6) is 0 Å². The van der Waals surface area contributed by atoms with Gasteiger partial charge in [-0.25, -0.2) is 8.78 Å². The molecule has 0 radical (unpaired) electrons. The third kappa shape index (κ3) is 4.81. The molecule has 0 saturated carbocycles. The molecule has 0 aliphatic heterocycles. The van der Waals surface area contributed by atoms with Crippen LogP contribution in [0.3, 0.4) is 0 Å². The lowest BCUT2D eigenvalue weighted by Gasteiger charge is -2.14. The van der Waals surface area contributed by atoms with Gasteiger partial charge in [0, 0.05) is 15.4 Å². The van der Waals surface area contributed by atoms with Crippen LogP contribution in [0.4, 0.5) is 8.78 Å². The van der Waals surface area contributed by atoms with Gasteiger partial charge in [0.15, 0.2) is 0 Å². The largest absolute Gasteiger partial charge is 0.349 e. The highest BCUT2D eigenvalue weighted by Gasteiger charge is 2.11. The van der Waals surface area contributed by atoms with Crippen molar-refractivity contribution in [1.29, 1.82) is 0 Å². The Morgan fingerprint density at radius 2 is 1.91 bits per heavy atom. The second-order valence-corrected chi connectivity index (χ2v) is 6.64. The predicted molar refractivity (Wildman–Crippen MR) is 87.8 cm³/mol. The van der Waals surface area contributed by atoms with E-state index in [2.05, 4.69) is 21.2 Å². The van der Waals surface area contributed by atoms with Gasteiger partial charge in [-0.2, -0.15) is 0 Å². The molecule has 0 spiro atoms. The van der Waals surface area contributed by atoms with E-state index >= 15 is 0 Å². The second kappa shape index (κ2) is 7.74. The molecule has 0 aliphatic rings. The van der Waals surface area contributed by atoms with Gasteiger partial charge in [0.1, 0.15) is 11.6 Å². The number of amides is 1. The van der Waals surface area contributed by atoms with Crippen LogP contribution in [0.25, 0.3) is 0 Å². The molecule has 0 fully saturated rings. The van der Waals surface area contributed by atoms with Gasteiger partial charge in [0.25, 0.3) is 0 Å². The summed E-state index contributed by atoms with van der Waals surface area (Å²) in [6, 6.07) is 10.8. The normalized spacial score (nSPS) is 12.0. The van der Waals surface area contributed by atoms with Crippen LogP contribution in [0, 0.1) is 11.6 Å². The lowest BCUT2D eigenvalue weighted by molar-refractivity contribution is -0.119. The van der Waals surface area contributed by atoms with E-state index in [0.717, 1.165) is 27.9 Å². The summed E-state index contributed by atoms with van der Waals surface area (Å²) in [6.45, 7) is 1.88. The smallest absolute Gasteiger partial charge is 0.230 e. The molecular formula is C16H14BrF2NOS. The van der Waals surface area contributed by atoms with Crippen LogP contribution in [0.15, 0.2) is 51.8 Å². The minimum absolute atomic E-state index is 0.0728. The number of rotatable bonds is 5. The average Bonchev–Trinajstić information content (AvgIpc) is 2.47. The minimum atomic E-state index is -0.654. The number of hydrogen-bond acceptors (Lipinski definition) is 2. The lowest BCUT2D eigenvalue weighted by atomic mass is 10.1. The van der Waals surface area contributed by atoms with Gasteiger partial charge in [0.2, 0.25) is 5.91 Å². The molecule has 0 aromatic heterocycles. The van der Waals surface area contributed by atoms with Gasteiger partial charge >= 0.3 is 0 Å². The highest BCUT2D eigenvalue weighted by atomic mass is 79.9. The summed E-state index contributed by atoms with van der Waals surface area (Å²) in [4.78, 5) is 12.2. The fourth-order valence-electron chi connectivity index (χ4n) is 1.85. The fraction of sp³-hybridized carbons (Fsp3) is 0.188. The molecule has 0 saturated heterocycles. The van der Waals surface area contributed by atoms with E-state index in [9.17, 15) is 13.6 Å². The first-order valence-corrected chi connectivity index (χ1v) is 8.36. The molecule has 1 atom stereocenters. The lowest BCUT2D eigenvalue weighted by Crippen LogP contribution is -2.28. The van der Waals surface area contributed by atoms with Crippen molar-refractivity contribution in [2.75, 3.05) is 5.75 Å². The zero-order chi connectivity index (χ0) is 16.1. The van der Waals surface area contributed by atoms with Crippen molar-refractivity contribution in [3.8, 4) is 0 Å². The Hall–Kier alpha value is -1.40. The van der Waals surface area contributed by atoms with Crippen molar-refractivity contribution in [2.45, 2.75) is 17.9 Å². The third-order valence-corrected chi connectivity index (χ3v) is 4.58. The molecule has 0 bridgehead atoms. The Bertz CT molecular complexity index is 664. The summed E-state index contributed by atoms with van der Waals surface area (Å²) in [5.74, 6) is -1.42. The van der Waals surface area contributed by atoms with E-state index < -0.39 is 11.6 Å². The molecule has 1 unspecified atom stereocenters. The average molecular weight is 386 g/mol. The number of thioether (sulfide) groups is 1. The number of benzene rings is 2. The van der Waals surface area contributed by atoms with Gasteiger partial charge in [-0.3, -0.25) is 4.79 Å². The Kier molecular flexibility index (Phi) is 5.97. The maximum atomic E-state index is 13.5. The van der Waals surface area contributed by atoms with Crippen molar-refractivity contribution in [3.05, 3.63) is 64.1 Å². The second-order valence-electron chi connectivity index (χ2n) is 4.70. The van der Waals surface area contributed by atoms with E-state index in [1.807, 2.05) is 31.2 Å². The fourth-order valence-corrected chi connectivity index (χ4v) is 2.85. The highest BCUT2D eigenvalue weighted by Crippen LogP contribution is 2.22. The number of carbonyl (C=O) groups is 1. The first kappa shape index (κ1) is 17.0. The first-order valence-electron chi connectivity index (χ1n) is 6.58. The molecule has 1 N–H and O–H groups in total. The van der Waals surface area contributed by atoms with Gasteiger partial charge in [-0.1, -0.05) is 28.1 Å². The van der Waals surface area contributed by atoms with Crippen molar-refractivity contribution in [3.63, 3.8) is 0 Å². The minimum Gasteiger partial charge on any atom is -0.349 e. The van der Waals surface area contributed by atoms with Crippen LogP contribution < -0.4 is 5.32 Å². The third-order valence-electron chi connectivity index (χ3n) is 3.00. The molecule has 6 heteroatoms. The Morgan fingerprint density at radius 3 is 2.55 bits per heavy atom. The number of halogens is 3. The summed E-state index contributed by atoms with van der Waals surface area (Å²) in [5.41, 5.74) is 0.981. The van der Waals surface area contributed by atoms with Crippen molar-refractivity contribution >= 4 is 33.6 Å². The molecule has 116 valence electrons.